The average molecular weight is 467 g/mol. The number of anilines is 2. The first-order chi connectivity index (χ1) is 13.2. The molecule has 28 heavy (non-hydrogen) atoms. The highest BCUT2D eigenvalue weighted by atomic mass is 35.5. The van der Waals surface area contributed by atoms with Gasteiger partial charge in [0, 0.05) is 12.1 Å². The van der Waals surface area contributed by atoms with Crippen molar-refractivity contribution in [3.63, 3.8) is 0 Å². The van der Waals surface area contributed by atoms with E-state index in [1.807, 2.05) is 14.1 Å². The van der Waals surface area contributed by atoms with Crippen LogP contribution in [-0.2, 0) is 10.0 Å². The third-order valence-electron chi connectivity index (χ3n) is 4.74. The van der Waals surface area contributed by atoms with Crippen molar-refractivity contribution in [2.24, 2.45) is 0 Å². The van der Waals surface area contributed by atoms with Crippen LogP contribution in [0.5, 0.6) is 0 Å². The molecule has 6 nitrogen and oxygen atoms in total. The first-order valence-electron chi connectivity index (χ1n) is 8.73. The van der Waals surface area contributed by atoms with Gasteiger partial charge in [0.05, 0.1) is 16.9 Å². The first-order valence-corrected chi connectivity index (χ1v) is 11.8. The van der Waals surface area contributed by atoms with E-state index < -0.39 is 20.7 Å². The van der Waals surface area contributed by atoms with Crippen molar-refractivity contribution in [1.29, 1.82) is 0 Å². The molecule has 1 heterocycles. The number of hydrogen-bond acceptors (Lipinski definition) is 6. The zero-order valence-electron chi connectivity index (χ0n) is 15.4. The number of benzene rings is 1. The van der Waals surface area contributed by atoms with Gasteiger partial charge in [0.1, 0.15) is 15.0 Å². The average Bonchev–Trinajstić information content (AvgIpc) is 3.02. The van der Waals surface area contributed by atoms with E-state index in [1.165, 1.54) is 6.20 Å². The van der Waals surface area contributed by atoms with Crippen LogP contribution in [0.1, 0.15) is 25.7 Å². The molecule has 0 radical (unpaired) electrons. The van der Waals surface area contributed by atoms with Gasteiger partial charge in [-0.25, -0.2) is 17.8 Å². The van der Waals surface area contributed by atoms with Crippen molar-refractivity contribution in [2.75, 3.05) is 24.1 Å². The second-order valence-corrected chi connectivity index (χ2v) is 10.6. The number of aromatic nitrogens is 1. The Morgan fingerprint density at radius 3 is 2.61 bits per heavy atom. The van der Waals surface area contributed by atoms with Crippen LogP contribution in [0.3, 0.4) is 0 Å². The van der Waals surface area contributed by atoms with Crippen molar-refractivity contribution in [3.05, 3.63) is 33.5 Å². The SMILES string of the molecule is CN(C)[C@H]1CCCC[C@@H]1Nc1cc(F)c(S(=O)(=O)Nc2ncc(Cl)s2)cc1Cl. The van der Waals surface area contributed by atoms with Crippen molar-refractivity contribution >= 4 is 55.4 Å². The Bertz CT molecular complexity index is 953. The van der Waals surface area contributed by atoms with E-state index in [0.717, 1.165) is 49.2 Å². The molecule has 11 heteroatoms. The predicted octanol–water partition coefficient (Wildman–Crippen LogP) is 4.67. The summed E-state index contributed by atoms with van der Waals surface area (Å²) >= 11 is 13.0. The monoisotopic (exact) mass is 466 g/mol. The lowest BCUT2D eigenvalue weighted by Crippen LogP contribution is -2.45. The molecule has 1 aromatic heterocycles. The van der Waals surface area contributed by atoms with Crippen molar-refractivity contribution in [2.45, 2.75) is 42.7 Å². The highest BCUT2D eigenvalue weighted by molar-refractivity contribution is 7.93. The van der Waals surface area contributed by atoms with E-state index in [9.17, 15) is 12.8 Å². The number of nitrogens with zero attached hydrogens (tertiary/aromatic N) is 2. The summed E-state index contributed by atoms with van der Waals surface area (Å²) in [7, 11) is -0.157. The van der Waals surface area contributed by atoms with Gasteiger partial charge in [0.2, 0.25) is 0 Å². The van der Waals surface area contributed by atoms with Gasteiger partial charge < -0.3 is 10.2 Å². The summed E-state index contributed by atoms with van der Waals surface area (Å²) in [5.41, 5.74) is 0.383. The van der Waals surface area contributed by atoms with Crippen molar-refractivity contribution in [3.8, 4) is 0 Å². The number of hydrogen-bond donors (Lipinski definition) is 2. The number of likely N-dealkylation sites (N-methyl/N-ethyl adjacent to an activating group) is 1. The van der Waals surface area contributed by atoms with E-state index in [4.69, 9.17) is 23.2 Å². The van der Waals surface area contributed by atoms with E-state index >= 15 is 0 Å². The third-order valence-corrected chi connectivity index (χ3v) is 7.57. The summed E-state index contributed by atoms with van der Waals surface area (Å²) in [6.07, 6.45) is 5.51. The first kappa shape index (κ1) is 21.6. The second-order valence-electron chi connectivity index (χ2n) is 6.90. The van der Waals surface area contributed by atoms with E-state index in [-0.39, 0.29) is 16.2 Å². The van der Waals surface area contributed by atoms with Gasteiger partial charge in [-0.1, -0.05) is 47.4 Å². The van der Waals surface area contributed by atoms with E-state index in [2.05, 4.69) is 19.9 Å². The maximum atomic E-state index is 14.7. The Morgan fingerprint density at radius 1 is 1.25 bits per heavy atom. The molecule has 154 valence electrons. The molecular weight excluding hydrogens is 446 g/mol. The second kappa shape index (κ2) is 8.71. The molecule has 1 fully saturated rings. The maximum absolute atomic E-state index is 14.7. The van der Waals surface area contributed by atoms with Gasteiger partial charge in [0.15, 0.2) is 5.13 Å². The fraction of sp³-hybridized carbons (Fsp3) is 0.471. The molecule has 3 rings (SSSR count). The van der Waals surface area contributed by atoms with E-state index in [1.54, 1.807) is 0 Å². The molecular formula is C17H21Cl2FN4O2S2. The summed E-state index contributed by atoms with van der Waals surface area (Å²) in [6.45, 7) is 0. The number of rotatable bonds is 6. The minimum atomic E-state index is -4.18. The van der Waals surface area contributed by atoms with Gasteiger partial charge in [-0.3, -0.25) is 4.72 Å². The molecule has 2 aromatic rings. The minimum Gasteiger partial charge on any atom is -0.379 e. The number of halogens is 3. The molecule has 1 aliphatic carbocycles. The molecule has 2 atom stereocenters. The quantitative estimate of drug-likeness (QED) is 0.646. The lowest BCUT2D eigenvalue weighted by molar-refractivity contribution is 0.211. The topological polar surface area (TPSA) is 74.3 Å². The fourth-order valence-electron chi connectivity index (χ4n) is 3.41. The molecule has 1 aliphatic rings. The van der Waals surface area contributed by atoms with Crippen molar-refractivity contribution in [1.82, 2.24) is 9.88 Å². The molecule has 0 unspecified atom stereocenters. The van der Waals surface area contributed by atoms with Crippen LogP contribution in [0.2, 0.25) is 9.36 Å². The van der Waals surface area contributed by atoms with Crippen LogP contribution < -0.4 is 10.0 Å². The van der Waals surface area contributed by atoms with Crippen LogP contribution in [0.15, 0.2) is 23.2 Å². The molecule has 0 spiro atoms. The van der Waals surface area contributed by atoms with Gasteiger partial charge in [-0.15, -0.1) is 0 Å². The number of sulfonamides is 1. The van der Waals surface area contributed by atoms with Gasteiger partial charge in [-0.05, 0) is 39.1 Å². The Kier molecular flexibility index (Phi) is 6.71. The summed E-state index contributed by atoms with van der Waals surface area (Å²) in [6, 6.07) is 2.66. The summed E-state index contributed by atoms with van der Waals surface area (Å²) in [4.78, 5) is 5.42. The van der Waals surface area contributed by atoms with Crippen molar-refractivity contribution < 1.29 is 12.8 Å². The molecule has 1 aromatic carbocycles. The fourth-order valence-corrected chi connectivity index (χ4v) is 5.84. The highest BCUT2D eigenvalue weighted by Gasteiger charge is 2.28. The Balaban J connectivity index is 1.84. The van der Waals surface area contributed by atoms with Crippen LogP contribution in [0.25, 0.3) is 0 Å². The van der Waals surface area contributed by atoms with Crippen LogP contribution in [0.4, 0.5) is 15.2 Å². The van der Waals surface area contributed by atoms with E-state index in [0.29, 0.717) is 16.1 Å². The van der Waals surface area contributed by atoms with Gasteiger partial charge in [0.25, 0.3) is 10.0 Å². The zero-order valence-corrected chi connectivity index (χ0v) is 18.5. The standard InChI is InChI=1S/C17H21Cl2FN4O2S2/c1-24(2)14-6-4-3-5-12(14)22-13-8-11(20)15(7-10(13)18)28(25,26)23-17-21-9-16(19)27-17/h7-9,12,14,22H,3-6H2,1-2H3,(H,21,23)/t12-,14-/m0/s1. The Hall–Kier alpha value is -1.13. The summed E-state index contributed by atoms with van der Waals surface area (Å²) < 4.78 is 42.2. The summed E-state index contributed by atoms with van der Waals surface area (Å²) in [5.74, 6) is -0.890. The minimum absolute atomic E-state index is 0.0544. The zero-order chi connectivity index (χ0) is 20.5. The Morgan fingerprint density at radius 2 is 1.96 bits per heavy atom. The number of nitrogens with one attached hydrogen (secondary N) is 2. The summed E-state index contributed by atoms with van der Waals surface area (Å²) in [5, 5.41) is 3.49. The normalized spacial score (nSPS) is 20.4. The largest absolute Gasteiger partial charge is 0.379 e. The highest BCUT2D eigenvalue weighted by Crippen LogP contribution is 2.33. The smallest absolute Gasteiger partial charge is 0.266 e. The molecule has 1 saturated carbocycles. The van der Waals surface area contributed by atoms with Gasteiger partial charge in [-0.2, -0.15) is 0 Å². The molecule has 0 bridgehead atoms. The molecule has 2 N–H and O–H groups in total. The van der Waals surface area contributed by atoms with Gasteiger partial charge >= 0.3 is 0 Å². The molecule has 0 saturated heterocycles. The lowest BCUT2D eigenvalue weighted by Gasteiger charge is -2.37. The lowest BCUT2D eigenvalue weighted by atomic mass is 9.89. The van der Waals surface area contributed by atoms with Crippen LogP contribution in [-0.4, -0.2) is 44.5 Å². The maximum Gasteiger partial charge on any atom is 0.266 e. The third kappa shape index (κ3) is 4.88. The van der Waals surface area contributed by atoms with Crippen LogP contribution in [0, 0.1) is 5.82 Å². The van der Waals surface area contributed by atoms with Crippen LogP contribution >= 0.6 is 34.5 Å². The number of thiazole rings is 1. The molecule has 0 amide bonds. The molecule has 0 aliphatic heterocycles. The Labute approximate surface area is 178 Å². The predicted molar refractivity (Wildman–Crippen MR) is 113 cm³/mol.